The van der Waals surface area contributed by atoms with Gasteiger partial charge in [-0.1, -0.05) is 0 Å². The molecule has 0 aliphatic rings. The van der Waals surface area contributed by atoms with Crippen LogP contribution in [0, 0.1) is 0 Å². The van der Waals surface area contributed by atoms with Gasteiger partial charge < -0.3 is 9.79 Å². The smallest absolute Gasteiger partial charge is 0.302 e. The van der Waals surface area contributed by atoms with E-state index in [0.717, 1.165) is 0 Å². The lowest BCUT2D eigenvalue weighted by atomic mass is 13.6. The molecule has 2 atom stereocenters. The van der Waals surface area contributed by atoms with E-state index in [1.54, 1.807) is 0 Å². The lowest BCUT2D eigenvalue weighted by molar-refractivity contribution is 0.187. The molecule has 0 amide bonds. The Kier molecular flexibility index (Phi) is 4.83. The molecule has 0 radical (unpaired) electrons. The number of nitrogens with two attached hydrogens (primary N) is 1. The lowest BCUT2D eigenvalue weighted by Crippen LogP contribution is -2.04. The average molecular weight is 257 g/mol. The third kappa shape index (κ3) is 6.41. The van der Waals surface area contributed by atoms with Crippen LogP contribution in [0.15, 0.2) is 0 Å². The minimum Gasteiger partial charge on any atom is -0.302 e. The highest BCUT2D eigenvalue weighted by atomic mass is 32.2. The van der Waals surface area contributed by atoms with Gasteiger partial charge in [-0.05, 0) is 0 Å². The number of hydrogen-bond donors (Lipinski definition) is 4. The van der Waals surface area contributed by atoms with Crippen LogP contribution in [0.3, 0.4) is 0 Å². The normalized spacial score (nSPS) is 19.4. The molecule has 0 aliphatic heterocycles. The quantitative estimate of drug-likeness (QED) is 0.279. The van der Waals surface area contributed by atoms with Crippen molar-refractivity contribution < 1.29 is 40.6 Å². The van der Waals surface area contributed by atoms with E-state index in [1.807, 2.05) is 0 Å². The van der Waals surface area contributed by atoms with Gasteiger partial charge in [0.15, 0.2) is 0 Å². The second kappa shape index (κ2) is 4.71. The van der Waals surface area contributed by atoms with E-state index in [-0.39, 0.29) is 0 Å². The monoisotopic (exact) mass is 257 g/mol. The fourth-order valence-electron chi connectivity index (χ4n) is 0.259. The van der Waals surface area contributed by atoms with Crippen molar-refractivity contribution in [3.63, 3.8) is 0 Å². The van der Waals surface area contributed by atoms with E-state index in [4.69, 9.17) is 14.3 Å². The van der Waals surface area contributed by atoms with Crippen molar-refractivity contribution in [2.45, 2.75) is 0 Å². The summed E-state index contributed by atoms with van der Waals surface area (Å²) in [6, 6.07) is 0. The zero-order valence-corrected chi connectivity index (χ0v) is 8.28. The van der Waals surface area contributed by atoms with Crippen molar-refractivity contribution in [2.75, 3.05) is 0 Å². The van der Waals surface area contributed by atoms with E-state index in [1.165, 1.54) is 0 Å². The van der Waals surface area contributed by atoms with Gasteiger partial charge in [0.1, 0.15) is 0 Å². The SMILES string of the molecule is NOP(=O)(OS(=O)O)OP(=O)(O)O. The molecular formula is H5NO9P2S. The maximum absolute atomic E-state index is 10.8. The first-order chi connectivity index (χ1) is 5.68. The fourth-order valence-corrected chi connectivity index (χ4v) is 2.57. The van der Waals surface area contributed by atoms with E-state index in [9.17, 15) is 13.3 Å². The van der Waals surface area contributed by atoms with Crippen molar-refractivity contribution in [1.82, 2.24) is 0 Å². The van der Waals surface area contributed by atoms with Gasteiger partial charge in [0.05, 0.1) is 0 Å². The van der Waals surface area contributed by atoms with Gasteiger partial charge in [-0.2, -0.15) is 17.1 Å². The lowest BCUT2D eigenvalue weighted by Gasteiger charge is -2.11. The zero-order valence-electron chi connectivity index (χ0n) is 5.67. The molecule has 0 rings (SSSR count). The highest BCUT2D eigenvalue weighted by molar-refractivity contribution is 7.80. The van der Waals surface area contributed by atoms with Crippen molar-refractivity contribution in [3.8, 4) is 0 Å². The summed E-state index contributed by atoms with van der Waals surface area (Å²) in [7, 11) is -10.1. The van der Waals surface area contributed by atoms with Crippen molar-refractivity contribution >= 4 is 27.0 Å². The van der Waals surface area contributed by atoms with Crippen LogP contribution in [-0.4, -0.2) is 18.5 Å². The number of phosphoric acid groups is 2. The number of hydrogen-bond acceptors (Lipinski definition) is 7. The Labute approximate surface area is 74.3 Å². The molecule has 0 saturated heterocycles. The Morgan fingerprint density at radius 3 is 2.00 bits per heavy atom. The summed E-state index contributed by atoms with van der Waals surface area (Å²) in [4.78, 5) is 16.2. The standard InChI is InChI=1S/H5NO9P2S/c1-8-12(5,10-13(6)7)9-11(2,3)4/h1H2,(H,6,7)(H2,2,3,4). The summed E-state index contributed by atoms with van der Waals surface area (Å²) in [6.07, 6.45) is 0. The molecule has 0 aromatic rings. The molecule has 0 heterocycles. The second-order valence-electron chi connectivity index (χ2n) is 1.42. The molecule has 80 valence electrons. The summed E-state index contributed by atoms with van der Waals surface area (Å²) >= 11 is -3.11. The molecule has 0 aromatic carbocycles. The summed E-state index contributed by atoms with van der Waals surface area (Å²) < 4.78 is 49.1. The summed E-state index contributed by atoms with van der Waals surface area (Å²) in [5.41, 5.74) is 0. The minimum absolute atomic E-state index is 3.11. The summed E-state index contributed by atoms with van der Waals surface area (Å²) in [5.74, 6) is 4.26. The van der Waals surface area contributed by atoms with Crippen LogP contribution in [-0.2, 0) is 33.4 Å². The van der Waals surface area contributed by atoms with Gasteiger partial charge in [0.25, 0.3) is 0 Å². The Hall–Kier alpha value is 0.330. The van der Waals surface area contributed by atoms with E-state index in [2.05, 4.69) is 18.8 Å². The molecular weight excluding hydrogens is 252 g/mol. The van der Waals surface area contributed by atoms with E-state index in [0.29, 0.717) is 0 Å². The van der Waals surface area contributed by atoms with E-state index < -0.39 is 27.0 Å². The van der Waals surface area contributed by atoms with Gasteiger partial charge in [-0.25, -0.2) is 15.0 Å². The summed E-state index contributed by atoms with van der Waals surface area (Å²) in [6.45, 7) is 0. The Morgan fingerprint density at radius 2 is 1.77 bits per heavy atom. The number of rotatable bonds is 5. The maximum atomic E-state index is 10.8. The largest absolute Gasteiger partial charge is 0.514 e. The topological polar surface area (TPSA) is 166 Å². The van der Waals surface area contributed by atoms with Gasteiger partial charge in [-0.3, -0.25) is 4.55 Å². The van der Waals surface area contributed by atoms with Crippen LogP contribution in [0.4, 0.5) is 0 Å². The molecule has 0 spiro atoms. The third-order valence-corrected chi connectivity index (χ3v) is 3.64. The highest BCUT2D eigenvalue weighted by Gasteiger charge is 2.38. The molecule has 10 nitrogen and oxygen atoms in total. The fraction of sp³-hybridized carbons (Fsp3) is 0. The van der Waals surface area contributed by atoms with Gasteiger partial charge in [-0.15, -0.1) is 0 Å². The van der Waals surface area contributed by atoms with Crippen LogP contribution in [0.5, 0.6) is 0 Å². The van der Waals surface area contributed by atoms with Crippen LogP contribution in [0.25, 0.3) is 0 Å². The first-order valence-corrected chi connectivity index (χ1v) is 6.27. The highest BCUT2D eigenvalue weighted by Crippen LogP contribution is 2.60. The van der Waals surface area contributed by atoms with Crippen molar-refractivity contribution in [2.24, 2.45) is 5.90 Å². The molecule has 13 heavy (non-hydrogen) atoms. The molecule has 5 N–H and O–H groups in total. The Morgan fingerprint density at radius 1 is 1.31 bits per heavy atom. The molecule has 2 unspecified atom stereocenters. The predicted octanol–water partition coefficient (Wildman–Crippen LogP) is -0.753. The first-order valence-electron chi connectivity index (χ1n) is 2.25. The van der Waals surface area contributed by atoms with Crippen molar-refractivity contribution in [1.29, 1.82) is 0 Å². The molecule has 0 saturated carbocycles. The molecule has 0 aromatic heterocycles. The van der Waals surface area contributed by atoms with E-state index >= 15 is 0 Å². The Bertz CT molecular complexity index is 277. The third-order valence-electron chi connectivity index (χ3n) is 0.491. The molecule has 0 bridgehead atoms. The molecule has 0 fully saturated rings. The van der Waals surface area contributed by atoms with Gasteiger partial charge >= 0.3 is 27.0 Å². The molecule has 13 heteroatoms. The van der Waals surface area contributed by atoms with Gasteiger partial charge in [0, 0.05) is 0 Å². The van der Waals surface area contributed by atoms with Crippen molar-refractivity contribution in [3.05, 3.63) is 0 Å². The van der Waals surface area contributed by atoms with Crippen LogP contribution in [0.1, 0.15) is 0 Å². The minimum atomic E-state index is -5.20. The summed E-state index contributed by atoms with van der Waals surface area (Å²) in [5, 5.41) is 0. The first kappa shape index (κ1) is 13.3. The Balaban J connectivity index is 4.57. The van der Waals surface area contributed by atoms with Crippen LogP contribution < -0.4 is 5.90 Å². The average Bonchev–Trinajstić information content (AvgIpc) is 1.81. The molecule has 0 aliphatic carbocycles. The second-order valence-corrected chi connectivity index (χ2v) is 5.19. The maximum Gasteiger partial charge on any atom is 0.514 e. The zero-order chi connectivity index (χ0) is 10.7. The predicted molar refractivity (Wildman–Crippen MR) is 37.9 cm³/mol. The van der Waals surface area contributed by atoms with Crippen LogP contribution >= 0.6 is 15.6 Å². The van der Waals surface area contributed by atoms with Crippen LogP contribution in [0.2, 0.25) is 0 Å². The van der Waals surface area contributed by atoms with Gasteiger partial charge in [0.2, 0.25) is 0 Å².